The van der Waals surface area contributed by atoms with Crippen molar-refractivity contribution in [2.45, 2.75) is 57.7 Å². The molecule has 2 aliphatic heterocycles. The molecule has 1 amide bonds. The minimum atomic E-state index is 0.235. The Morgan fingerprint density at radius 1 is 1.29 bits per heavy atom. The minimum Gasteiger partial charge on any atom is -0.338 e. The molecule has 0 N–H and O–H groups in total. The van der Waals surface area contributed by atoms with Gasteiger partial charge in [0.25, 0.3) is 0 Å². The molecule has 1 aromatic heterocycles. The summed E-state index contributed by atoms with van der Waals surface area (Å²) < 4.78 is 0. The Morgan fingerprint density at radius 3 is 2.76 bits per heavy atom. The summed E-state index contributed by atoms with van der Waals surface area (Å²) in [6.45, 7) is 6.04. The van der Waals surface area contributed by atoms with Gasteiger partial charge in [-0.25, -0.2) is 0 Å². The van der Waals surface area contributed by atoms with E-state index in [9.17, 15) is 4.79 Å². The average molecular weight is 287 g/mol. The van der Waals surface area contributed by atoms with Crippen molar-refractivity contribution in [3.8, 4) is 0 Å². The molecule has 2 saturated heterocycles. The molecule has 4 nitrogen and oxygen atoms in total. The molecule has 4 heteroatoms. The number of hydrogen-bond acceptors (Lipinski definition) is 3. The first-order chi connectivity index (χ1) is 10.2. The smallest absolute Gasteiger partial charge is 0.219 e. The summed E-state index contributed by atoms with van der Waals surface area (Å²) in [7, 11) is 0. The van der Waals surface area contributed by atoms with Gasteiger partial charge in [-0.2, -0.15) is 0 Å². The second kappa shape index (κ2) is 6.14. The van der Waals surface area contributed by atoms with Crippen LogP contribution in [0.1, 0.15) is 51.1 Å². The van der Waals surface area contributed by atoms with Gasteiger partial charge in [0.1, 0.15) is 0 Å². The van der Waals surface area contributed by atoms with Crippen LogP contribution in [-0.4, -0.2) is 45.9 Å². The topological polar surface area (TPSA) is 36.4 Å². The van der Waals surface area contributed by atoms with Crippen LogP contribution in [0.25, 0.3) is 0 Å². The van der Waals surface area contributed by atoms with Crippen molar-refractivity contribution in [1.82, 2.24) is 14.8 Å². The predicted molar refractivity (Wildman–Crippen MR) is 82.8 cm³/mol. The molecular formula is C17H25N3O. The number of aromatic nitrogens is 1. The maximum absolute atomic E-state index is 11.9. The Morgan fingerprint density at radius 2 is 2.05 bits per heavy atom. The van der Waals surface area contributed by atoms with Gasteiger partial charge in [0.15, 0.2) is 0 Å². The summed E-state index contributed by atoms with van der Waals surface area (Å²) in [5.74, 6) is 0.235. The fourth-order valence-electron chi connectivity index (χ4n) is 4.11. The molecule has 0 aromatic carbocycles. The van der Waals surface area contributed by atoms with Crippen LogP contribution in [0.4, 0.5) is 0 Å². The van der Waals surface area contributed by atoms with Gasteiger partial charge in [-0.1, -0.05) is 6.07 Å². The fraction of sp³-hybridized carbons (Fsp3) is 0.647. The highest BCUT2D eigenvalue weighted by molar-refractivity contribution is 5.74. The molecule has 0 bridgehead atoms. The normalized spacial score (nSPS) is 28.0. The van der Waals surface area contributed by atoms with Gasteiger partial charge in [0.05, 0.1) is 0 Å². The zero-order chi connectivity index (χ0) is 14.8. The maximum Gasteiger partial charge on any atom is 0.219 e. The number of amides is 1. The number of hydrogen-bond donors (Lipinski definition) is 0. The molecule has 0 saturated carbocycles. The van der Waals surface area contributed by atoms with Gasteiger partial charge in [0.2, 0.25) is 5.91 Å². The van der Waals surface area contributed by atoms with Crippen molar-refractivity contribution >= 4 is 5.91 Å². The van der Waals surface area contributed by atoms with E-state index in [4.69, 9.17) is 0 Å². The molecule has 1 aromatic rings. The van der Waals surface area contributed by atoms with Crippen molar-refractivity contribution in [1.29, 1.82) is 0 Å². The number of rotatable bonds is 3. The molecule has 3 rings (SSSR count). The van der Waals surface area contributed by atoms with E-state index in [1.807, 2.05) is 18.5 Å². The average Bonchev–Trinajstić information content (AvgIpc) is 3.15. The molecule has 2 aliphatic rings. The SMILES string of the molecule is CC(=O)N1CCC[C@@H]1[C@H]1CCCN1[C@H](C)c1cccnc1. The van der Waals surface area contributed by atoms with Crippen LogP contribution in [0.5, 0.6) is 0 Å². The first-order valence-electron chi connectivity index (χ1n) is 8.11. The van der Waals surface area contributed by atoms with E-state index >= 15 is 0 Å². The van der Waals surface area contributed by atoms with Crippen LogP contribution >= 0.6 is 0 Å². The largest absolute Gasteiger partial charge is 0.338 e. The number of likely N-dealkylation sites (tertiary alicyclic amines) is 2. The molecule has 0 radical (unpaired) electrons. The van der Waals surface area contributed by atoms with Gasteiger partial charge in [-0.15, -0.1) is 0 Å². The summed E-state index contributed by atoms with van der Waals surface area (Å²) in [5.41, 5.74) is 1.27. The number of pyridine rings is 1. The lowest BCUT2D eigenvalue weighted by atomic mass is 10.0. The molecule has 0 unspecified atom stereocenters. The van der Waals surface area contributed by atoms with E-state index in [0.717, 1.165) is 25.9 Å². The monoisotopic (exact) mass is 287 g/mol. The molecule has 3 heterocycles. The zero-order valence-electron chi connectivity index (χ0n) is 13.0. The summed E-state index contributed by atoms with van der Waals surface area (Å²) in [6.07, 6.45) is 8.54. The first-order valence-corrected chi connectivity index (χ1v) is 8.11. The number of nitrogens with zero attached hydrogens (tertiary/aromatic N) is 3. The van der Waals surface area contributed by atoms with Crippen molar-refractivity contribution in [3.05, 3.63) is 30.1 Å². The standard InChI is InChI=1S/C17H25N3O/c1-13(15-6-3-9-18-12-15)19-10-4-7-16(19)17-8-5-11-20(17)14(2)21/h3,6,9,12-13,16-17H,4-5,7-8,10-11H2,1-2H3/t13-,16-,17-/m1/s1. The van der Waals surface area contributed by atoms with E-state index in [2.05, 4.69) is 27.8 Å². The third-order valence-electron chi connectivity index (χ3n) is 5.15. The van der Waals surface area contributed by atoms with Crippen LogP contribution in [0, 0.1) is 0 Å². The number of carbonyl (C=O) groups excluding carboxylic acids is 1. The first kappa shape index (κ1) is 14.5. The Hall–Kier alpha value is -1.42. The van der Waals surface area contributed by atoms with Crippen molar-refractivity contribution in [3.63, 3.8) is 0 Å². The Bertz CT molecular complexity index is 490. The third-order valence-corrected chi connectivity index (χ3v) is 5.15. The lowest BCUT2D eigenvalue weighted by molar-refractivity contribution is -0.130. The summed E-state index contributed by atoms with van der Waals surface area (Å²) in [4.78, 5) is 20.8. The van der Waals surface area contributed by atoms with E-state index in [1.165, 1.54) is 18.4 Å². The quantitative estimate of drug-likeness (QED) is 0.857. The molecular weight excluding hydrogens is 262 g/mol. The van der Waals surface area contributed by atoms with Crippen molar-refractivity contribution in [2.24, 2.45) is 0 Å². The molecule has 3 atom stereocenters. The molecule has 0 aliphatic carbocycles. The van der Waals surface area contributed by atoms with Gasteiger partial charge in [0, 0.05) is 44.0 Å². The van der Waals surface area contributed by atoms with Gasteiger partial charge in [-0.05, 0) is 50.8 Å². The molecule has 0 spiro atoms. The van der Waals surface area contributed by atoms with Crippen LogP contribution in [0.2, 0.25) is 0 Å². The van der Waals surface area contributed by atoms with Gasteiger partial charge >= 0.3 is 0 Å². The molecule has 21 heavy (non-hydrogen) atoms. The van der Waals surface area contributed by atoms with Crippen LogP contribution in [0.3, 0.4) is 0 Å². The van der Waals surface area contributed by atoms with E-state index in [-0.39, 0.29) is 5.91 Å². The predicted octanol–water partition coefficient (Wildman–Crippen LogP) is 2.62. The van der Waals surface area contributed by atoms with E-state index in [0.29, 0.717) is 18.1 Å². The summed E-state index contributed by atoms with van der Waals surface area (Å²) in [6, 6.07) is 5.45. The van der Waals surface area contributed by atoms with Crippen LogP contribution in [-0.2, 0) is 4.79 Å². The van der Waals surface area contributed by atoms with Crippen LogP contribution in [0.15, 0.2) is 24.5 Å². The fourth-order valence-corrected chi connectivity index (χ4v) is 4.11. The highest BCUT2D eigenvalue weighted by atomic mass is 16.2. The van der Waals surface area contributed by atoms with Crippen molar-refractivity contribution in [2.75, 3.05) is 13.1 Å². The molecule has 2 fully saturated rings. The van der Waals surface area contributed by atoms with Crippen LogP contribution < -0.4 is 0 Å². The second-order valence-electron chi connectivity index (χ2n) is 6.33. The minimum absolute atomic E-state index is 0.235. The lowest BCUT2D eigenvalue weighted by Gasteiger charge is -2.37. The molecule has 114 valence electrons. The Balaban J connectivity index is 1.78. The summed E-state index contributed by atoms with van der Waals surface area (Å²) >= 11 is 0. The lowest BCUT2D eigenvalue weighted by Crippen LogP contribution is -2.48. The Kier molecular flexibility index (Phi) is 4.24. The second-order valence-corrected chi connectivity index (χ2v) is 6.33. The van der Waals surface area contributed by atoms with Gasteiger partial charge in [-0.3, -0.25) is 14.7 Å². The maximum atomic E-state index is 11.9. The highest BCUT2D eigenvalue weighted by Crippen LogP contribution is 2.35. The Labute approximate surface area is 127 Å². The van der Waals surface area contributed by atoms with E-state index in [1.54, 1.807) is 6.92 Å². The third kappa shape index (κ3) is 2.82. The number of carbonyl (C=O) groups is 1. The summed E-state index contributed by atoms with van der Waals surface area (Å²) in [5, 5.41) is 0. The highest BCUT2D eigenvalue weighted by Gasteiger charge is 2.40. The van der Waals surface area contributed by atoms with Crippen molar-refractivity contribution < 1.29 is 4.79 Å². The van der Waals surface area contributed by atoms with Gasteiger partial charge < -0.3 is 4.90 Å². The zero-order valence-corrected chi connectivity index (χ0v) is 13.0. The van der Waals surface area contributed by atoms with E-state index < -0.39 is 0 Å².